The van der Waals surface area contributed by atoms with Crippen molar-refractivity contribution in [1.82, 2.24) is 4.90 Å². The number of benzene rings is 2. The number of carbonyl (C=O) groups is 3. The van der Waals surface area contributed by atoms with E-state index in [0.717, 1.165) is 5.56 Å². The molecule has 3 rings (SSSR count). The first-order chi connectivity index (χ1) is 11.5. The average Bonchev–Trinajstić information content (AvgIpc) is 2.86. The van der Waals surface area contributed by atoms with Crippen molar-refractivity contribution in [2.45, 2.75) is 26.7 Å². The minimum absolute atomic E-state index is 0.184. The number of nitrogens with zero attached hydrogens (tertiary/aromatic N) is 1. The van der Waals surface area contributed by atoms with Gasteiger partial charge in [0, 0.05) is 13.0 Å². The van der Waals surface area contributed by atoms with E-state index in [0.29, 0.717) is 30.5 Å². The van der Waals surface area contributed by atoms with Crippen LogP contribution in [0.25, 0.3) is 0 Å². The number of hydrogen-bond donors (Lipinski definition) is 0. The highest BCUT2D eigenvalue weighted by molar-refractivity contribution is 6.21. The third kappa shape index (κ3) is 4.16. The number of rotatable bonds is 4. The number of Topliss-reactive ketones (excluding diaryl/α,β-unsaturated/α-hetero) is 1. The van der Waals surface area contributed by atoms with Crippen molar-refractivity contribution >= 4 is 17.6 Å². The highest BCUT2D eigenvalue weighted by Gasteiger charge is 2.34. The van der Waals surface area contributed by atoms with E-state index in [1.54, 1.807) is 31.2 Å². The molecule has 1 aliphatic rings. The van der Waals surface area contributed by atoms with Gasteiger partial charge in [0.05, 0.1) is 11.1 Å². The summed E-state index contributed by atoms with van der Waals surface area (Å²) in [7, 11) is 0. The highest BCUT2D eigenvalue weighted by Crippen LogP contribution is 2.22. The predicted molar refractivity (Wildman–Crippen MR) is 92.9 cm³/mol. The van der Waals surface area contributed by atoms with E-state index in [-0.39, 0.29) is 17.6 Å². The molecule has 0 aliphatic carbocycles. The zero-order valence-corrected chi connectivity index (χ0v) is 14.0. The van der Waals surface area contributed by atoms with Crippen molar-refractivity contribution < 1.29 is 14.4 Å². The number of amides is 2. The Labute approximate surface area is 142 Å². The standard InChI is InChI=1S/C16H13NO2.C4H8O/c18-15-13-8-4-5-9-14(13)16(19)17(15)11-10-12-6-2-1-3-7-12;1-3-4(2)5/h1-9H,10-11H2;3H2,1-2H3. The molecule has 4 heteroatoms. The molecule has 2 amide bonds. The molecule has 0 aromatic heterocycles. The maximum Gasteiger partial charge on any atom is 0.261 e. The van der Waals surface area contributed by atoms with Gasteiger partial charge in [-0.25, -0.2) is 0 Å². The van der Waals surface area contributed by atoms with Crippen molar-refractivity contribution in [1.29, 1.82) is 0 Å². The lowest BCUT2D eigenvalue weighted by molar-refractivity contribution is -0.116. The van der Waals surface area contributed by atoms with Crippen molar-refractivity contribution in [3.63, 3.8) is 0 Å². The van der Waals surface area contributed by atoms with Crippen molar-refractivity contribution in [3.8, 4) is 0 Å². The van der Waals surface area contributed by atoms with Gasteiger partial charge in [-0.15, -0.1) is 0 Å². The second-order valence-corrected chi connectivity index (χ2v) is 5.60. The molecule has 0 saturated carbocycles. The molecule has 0 saturated heterocycles. The minimum Gasteiger partial charge on any atom is -0.300 e. The molecular weight excluding hydrogens is 302 g/mol. The monoisotopic (exact) mass is 323 g/mol. The quantitative estimate of drug-likeness (QED) is 0.809. The number of imide groups is 1. The van der Waals surface area contributed by atoms with Gasteiger partial charge in [-0.2, -0.15) is 0 Å². The fraction of sp³-hybridized carbons (Fsp3) is 0.250. The Kier molecular flexibility index (Phi) is 6.01. The molecule has 1 aliphatic heterocycles. The molecular formula is C20H21NO3. The summed E-state index contributed by atoms with van der Waals surface area (Å²) in [5.74, 6) is -0.113. The Hall–Kier alpha value is -2.75. The predicted octanol–water partition coefficient (Wildman–Crippen LogP) is 3.51. The van der Waals surface area contributed by atoms with Crippen LogP contribution in [0.2, 0.25) is 0 Å². The van der Waals surface area contributed by atoms with Crippen LogP contribution in [0.5, 0.6) is 0 Å². The Balaban J connectivity index is 0.000000368. The molecule has 0 fully saturated rings. The molecule has 2 aromatic carbocycles. The summed E-state index contributed by atoms with van der Waals surface area (Å²) in [6, 6.07) is 16.8. The van der Waals surface area contributed by atoms with Crippen molar-refractivity contribution in [2.24, 2.45) is 0 Å². The second kappa shape index (κ2) is 8.20. The zero-order chi connectivity index (χ0) is 17.5. The van der Waals surface area contributed by atoms with Gasteiger partial charge in [0.15, 0.2) is 0 Å². The van der Waals surface area contributed by atoms with Gasteiger partial charge in [-0.05, 0) is 31.0 Å². The van der Waals surface area contributed by atoms with Gasteiger partial charge in [0.25, 0.3) is 11.8 Å². The molecule has 2 aromatic rings. The van der Waals surface area contributed by atoms with Gasteiger partial charge in [0.2, 0.25) is 0 Å². The van der Waals surface area contributed by atoms with Crippen LogP contribution in [-0.2, 0) is 11.2 Å². The first kappa shape index (κ1) is 17.6. The largest absolute Gasteiger partial charge is 0.300 e. The Morgan fingerprint density at radius 1 is 0.875 bits per heavy atom. The Bertz CT molecular complexity index is 703. The molecule has 0 bridgehead atoms. The van der Waals surface area contributed by atoms with Crippen LogP contribution < -0.4 is 0 Å². The average molecular weight is 323 g/mol. The lowest BCUT2D eigenvalue weighted by atomic mass is 10.1. The molecule has 0 unspecified atom stereocenters. The third-order valence-corrected chi connectivity index (χ3v) is 3.84. The van der Waals surface area contributed by atoms with Gasteiger partial charge in [-0.3, -0.25) is 14.5 Å². The second-order valence-electron chi connectivity index (χ2n) is 5.60. The zero-order valence-electron chi connectivity index (χ0n) is 14.0. The van der Waals surface area contributed by atoms with Crippen molar-refractivity contribution in [3.05, 3.63) is 71.3 Å². The summed E-state index contributed by atoms with van der Waals surface area (Å²) >= 11 is 0. The van der Waals surface area contributed by atoms with Gasteiger partial charge in [0.1, 0.15) is 5.78 Å². The number of ketones is 1. The van der Waals surface area contributed by atoms with E-state index in [1.807, 2.05) is 37.3 Å². The molecule has 24 heavy (non-hydrogen) atoms. The number of hydrogen-bond acceptors (Lipinski definition) is 3. The van der Waals surface area contributed by atoms with Crippen LogP contribution in [0.4, 0.5) is 0 Å². The van der Waals surface area contributed by atoms with Gasteiger partial charge in [-0.1, -0.05) is 49.4 Å². The summed E-state index contributed by atoms with van der Waals surface area (Å²) in [5.41, 5.74) is 2.15. The molecule has 0 spiro atoms. The van der Waals surface area contributed by atoms with Crippen LogP contribution in [-0.4, -0.2) is 29.0 Å². The Morgan fingerprint density at radius 3 is 1.79 bits per heavy atom. The Morgan fingerprint density at radius 2 is 1.33 bits per heavy atom. The molecule has 4 nitrogen and oxygen atoms in total. The van der Waals surface area contributed by atoms with E-state index in [1.165, 1.54) is 4.90 Å². The first-order valence-electron chi connectivity index (χ1n) is 8.03. The number of fused-ring (bicyclic) bond motifs is 1. The summed E-state index contributed by atoms with van der Waals surface area (Å²) in [5, 5.41) is 0. The SMILES string of the molecule is CCC(C)=O.O=C1c2ccccc2C(=O)N1CCc1ccccc1. The summed E-state index contributed by atoms with van der Waals surface area (Å²) in [6.07, 6.45) is 1.35. The van der Waals surface area contributed by atoms with E-state index in [9.17, 15) is 14.4 Å². The lowest BCUT2D eigenvalue weighted by Crippen LogP contribution is -2.31. The van der Waals surface area contributed by atoms with E-state index in [4.69, 9.17) is 0 Å². The number of carbonyl (C=O) groups excluding carboxylic acids is 3. The van der Waals surface area contributed by atoms with E-state index < -0.39 is 0 Å². The maximum atomic E-state index is 12.1. The van der Waals surface area contributed by atoms with E-state index >= 15 is 0 Å². The molecule has 0 radical (unpaired) electrons. The van der Waals surface area contributed by atoms with Crippen molar-refractivity contribution in [2.75, 3.05) is 6.54 Å². The third-order valence-electron chi connectivity index (χ3n) is 3.84. The topological polar surface area (TPSA) is 54.5 Å². The first-order valence-corrected chi connectivity index (χ1v) is 8.03. The van der Waals surface area contributed by atoms with Crippen LogP contribution in [0.1, 0.15) is 46.5 Å². The molecule has 0 atom stereocenters. The highest BCUT2D eigenvalue weighted by atomic mass is 16.2. The maximum absolute atomic E-state index is 12.1. The van der Waals surface area contributed by atoms with Gasteiger partial charge < -0.3 is 4.79 Å². The minimum atomic E-state index is -0.184. The summed E-state index contributed by atoms with van der Waals surface area (Å²) in [6.45, 7) is 3.86. The smallest absolute Gasteiger partial charge is 0.261 e. The van der Waals surface area contributed by atoms with E-state index in [2.05, 4.69) is 0 Å². The van der Waals surface area contributed by atoms with Crippen LogP contribution in [0, 0.1) is 0 Å². The van der Waals surface area contributed by atoms with Crippen LogP contribution >= 0.6 is 0 Å². The summed E-state index contributed by atoms with van der Waals surface area (Å²) in [4.78, 5) is 35.4. The van der Waals surface area contributed by atoms with Gasteiger partial charge >= 0.3 is 0 Å². The fourth-order valence-electron chi connectivity index (χ4n) is 2.33. The molecule has 124 valence electrons. The lowest BCUT2D eigenvalue weighted by Gasteiger charge is -2.13. The molecule has 0 N–H and O–H groups in total. The summed E-state index contributed by atoms with van der Waals surface area (Å²) < 4.78 is 0. The molecule has 1 heterocycles. The van der Waals surface area contributed by atoms with Crippen LogP contribution in [0.3, 0.4) is 0 Å². The normalized spacial score (nSPS) is 12.5. The fourth-order valence-corrected chi connectivity index (χ4v) is 2.33. The van der Waals surface area contributed by atoms with Crippen LogP contribution in [0.15, 0.2) is 54.6 Å².